The van der Waals surface area contributed by atoms with E-state index in [2.05, 4.69) is 5.16 Å². The largest absolute Gasteiger partial charge is 0.409 e. The van der Waals surface area contributed by atoms with Crippen LogP contribution in [0.5, 0.6) is 0 Å². The van der Waals surface area contributed by atoms with E-state index in [1.807, 2.05) is 0 Å². The first-order valence-electron chi connectivity index (χ1n) is 6.46. The SMILES string of the molecule is COCCCS(=O)(=O)N(CC(N)=NO)C1CCCC1. The second-order valence-electron chi connectivity index (χ2n) is 4.74. The predicted molar refractivity (Wildman–Crippen MR) is 72.7 cm³/mol. The lowest BCUT2D eigenvalue weighted by molar-refractivity contribution is 0.199. The number of ether oxygens (including phenoxy) is 1. The van der Waals surface area contributed by atoms with Gasteiger partial charge in [-0.1, -0.05) is 18.0 Å². The normalized spacial score (nSPS) is 18.3. The van der Waals surface area contributed by atoms with Gasteiger partial charge in [0.1, 0.15) is 0 Å². The highest BCUT2D eigenvalue weighted by atomic mass is 32.2. The minimum Gasteiger partial charge on any atom is -0.409 e. The molecule has 0 aliphatic heterocycles. The number of methoxy groups -OCH3 is 1. The van der Waals surface area contributed by atoms with Crippen LogP contribution in [0.3, 0.4) is 0 Å². The standard InChI is InChI=1S/C11H23N3O4S/c1-18-7-4-8-19(16,17)14(9-11(12)13-15)10-5-2-3-6-10/h10,15H,2-9H2,1H3,(H2,12,13). The van der Waals surface area contributed by atoms with E-state index >= 15 is 0 Å². The first-order valence-corrected chi connectivity index (χ1v) is 8.07. The highest BCUT2D eigenvalue weighted by Crippen LogP contribution is 2.25. The molecule has 1 fully saturated rings. The van der Waals surface area contributed by atoms with Crippen molar-refractivity contribution in [1.29, 1.82) is 0 Å². The summed E-state index contributed by atoms with van der Waals surface area (Å²) in [4.78, 5) is 0. The molecule has 1 rings (SSSR count). The summed E-state index contributed by atoms with van der Waals surface area (Å²) in [5.41, 5.74) is 5.46. The molecule has 7 nitrogen and oxygen atoms in total. The van der Waals surface area contributed by atoms with Crippen LogP contribution in [0.4, 0.5) is 0 Å². The Bertz CT molecular complexity index is 391. The summed E-state index contributed by atoms with van der Waals surface area (Å²) in [5.74, 6) is -0.0574. The van der Waals surface area contributed by atoms with Gasteiger partial charge in [0.05, 0.1) is 12.3 Å². The van der Waals surface area contributed by atoms with Crippen LogP contribution in [0.1, 0.15) is 32.1 Å². The number of amidine groups is 1. The third-order valence-electron chi connectivity index (χ3n) is 3.29. The van der Waals surface area contributed by atoms with Crippen molar-refractivity contribution in [2.24, 2.45) is 10.9 Å². The number of sulfonamides is 1. The molecular weight excluding hydrogens is 270 g/mol. The summed E-state index contributed by atoms with van der Waals surface area (Å²) in [7, 11) is -1.86. The summed E-state index contributed by atoms with van der Waals surface area (Å²) in [6, 6.07) is -0.0344. The van der Waals surface area contributed by atoms with Crippen LogP contribution in [-0.2, 0) is 14.8 Å². The maximum absolute atomic E-state index is 12.3. The lowest BCUT2D eigenvalue weighted by atomic mass is 10.2. The maximum Gasteiger partial charge on any atom is 0.214 e. The molecule has 8 heteroatoms. The van der Waals surface area contributed by atoms with Crippen LogP contribution in [-0.4, -0.2) is 55.8 Å². The fourth-order valence-corrected chi connectivity index (χ4v) is 4.05. The molecule has 0 atom stereocenters. The van der Waals surface area contributed by atoms with E-state index < -0.39 is 10.0 Å². The molecule has 0 bridgehead atoms. The average Bonchev–Trinajstić information content (AvgIpc) is 2.89. The lowest BCUT2D eigenvalue weighted by Gasteiger charge is -2.27. The van der Waals surface area contributed by atoms with Gasteiger partial charge in [0.2, 0.25) is 10.0 Å². The second-order valence-corrected chi connectivity index (χ2v) is 6.78. The molecule has 0 radical (unpaired) electrons. The van der Waals surface area contributed by atoms with Gasteiger partial charge < -0.3 is 15.7 Å². The van der Waals surface area contributed by atoms with E-state index in [1.54, 1.807) is 0 Å². The molecule has 3 N–H and O–H groups in total. The summed E-state index contributed by atoms with van der Waals surface area (Å²) >= 11 is 0. The van der Waals surface area contributed by atoms with Crippen LogP contribution in [0.15, 0.2) is 5.16 Å². The van der Waals surface area contributed by atoms with Crippen molar-refractivity contribution in [2.75, 3.05) is 26.0 Å². The zero-order chi connectivity index (χ0) is 14.3. The van der Waals surface area contributed by atoms with Crippen LogP contribution < -0.4 is 5.73 Å². The number of rotatable bonds is 8. The summed E-state index contributed by atoms with van der Waals surface area (Å²) in [6.07, 6.45) is 4.15. The van der Waals surface area contributed by atoms with Gasteiger partial charge in [0.15, 0.2) is 5.84 Å². The van der Waals surface area contributed by atoms with Crippen LogP contribution in [0.2, 0.25) is 0 Å². The van der Waals surface area contributed by atoms with Crippen LogP contribution in [0, 0.1) is 0 Å². The first-order chi connectivity index (χ1) is 9.01. The van der Waals surface area contributed by atoms with Crippen LogP contribution >= 0.6 is 0 Å². The summed E-state index contributed by atoms with van der Waals surface area (Å²) in [5, 5.41) is 11.5. The molecule has 1 saturated carbocycles. The minimum absolute atomic E-state index is 0.0239. The minimum atomic E-state index is -3.40. The number of oxime groups is 1. The van der Waals surface area contributed by atoms with Gasteiger partial charge in [-0.25, -0.2) is 8.42 Å². The van der Waals surface area contributed by atoms with Gasteiger partial charge in [0, 0.05) is 19.8 Å². The Morgan fingerprint density at radius 2 is 2.11 bits per heavy atom. The van der Waals surface area contributed by atoms with Crippen molar-refractivity contribution in [2.45, 2.75) is 38.1 Å². The van der Waals surface area contributed by atoms with Crippen molar-refractivity contribution in [3.8, 4) is 0 Å². The fraction of sp³-hybridized carbons (Fsp3) is 0.909. The monoisotopic (exact) mass is 293 g/mol. The quantitative estimate of drug-likeness (QED) is 0.221. The third kappa shape index (κ3) is 4.96. The molecule has 0 saturated heterocycles. The molecular formula is C11H23N3O4S. The van der Waals surface area contributed by atoms with E-state index in [1.165, 1.54) is 11.4 Å². The Hall–Kier alpha value is -0.860. The van der Waals surface area contributed by atoms with Gasteiger partial charge in [-0.15, -0.1) is 0 Å². The highest BCUT2D eigenvalue weighted by Gasteiger charge is 2.32. The Morgan fingerprint density at radius 1 is 1.47 bits per heavy atom. The zero-order valence-electron chi connectivity index (χ0n) is 11.3. The van der Waals surface area contributed by atoms with E-state index in [4.69, 9.17) is 15.7 Å². The van der Waals surface area contributed by atoms with Gasteiger partial charge >= 0.3 is 0 Å². The van der Waals surface area contributed by atoms with Crippen molar-refractivity contribution in [3.05, 3.63) is 0 Å². The predicted octanol–water partition coefficient (Wildman–Crippen LogP) is 0.344. The molecule has 0 aromatic carbocycles. The topological polar surface area (TPSA) is 105 Å². The zero-order valence-corrected chi connectivity index (χ0v) is 12.1. The molecule has 1 aliphatic carbocycles. The van der Waals surface area contributed by atoms with Crippen molar-refractivity contribution in [3.63, 3.8) is 0 Å². The number of hydrogen-bond acceptors (Lipinski definition) is 5. The molecule has 0 unspecified atom stereocenters. The third-order valence-corrected chi connectivity index (χ3v) is 5.23. The lowest BCUT2D eigenvalue weighted by Crippen LogP contribution is -2.45. The van der Waals surface area contributed by atoms with E-state index in [0.717, 1.165) is 25.7 Å². The van der Waals surface area contributed by atoms with Gasteiger partial charge in [-0.2, -0.15) is 4.31 Å². The molecule has 19 heavy (non-hydrogen) atoms. The van der Waals surface area contributed by atoms with Crippen LogP contribution in [0.25, 0.3) is 0 Å². The number of nitrogens with zero attached hydrogens (tertiary/aromatic N) is 2. The summed E-state index contributed by atoms with van der Waals surface area (Å²) < 4.78 is 30.9. The first kappa shape index (κ1) is 16.2. The Kier molecular flexibility index (Phi) is 6.53. The molecule has 0 aromatic heterocycles. The molecule has 0 aromatic rings. The Labute approximate surface area is 114 Å². The second kappa shape index (κ2) is 7.66. The number of hydrogen-bond donors (Lipinski definition) is 2. The van der Waals surface area contributed by atoms with Gasteiger partial charge in [-0.3, -0.25) is 0 Å². The van der Waals surface area contributed by atoms with Crippen molar-refractivity contribution in [1.82, 2.24) is 4.31 Å². The van der Waals surface area contributed by atoms with E-state index in [-0.39, 0.29) is 24.2 Å². The molecule has 112 valence electrons. The van der Waals surface area contributed by atoms with Gasteiger partial charge in [-0.05, 0) is 19.3 Å². The Morgan fingerprint density at radius 3 is 2.63 bits per heavy atom. The molecule has 1 aliphatic rings. The Balaban J connectivity index is 2.76. The van der Waals surface area contributed by atoms with Crippen molar-refractivity contribution >= 4 is 15.9 Å². The van der Waals surface area contributed by atoms with E-state index in [9.17, 15) is 8.42 Å². The molecule has 0 spiro atoms. The fourth-order valence-electron chi connectivity index (χ4n) is 2.34. The average molecular weight is 293 g/mol. The maximum atomic E-state index is 12.3. The molecule has 0 heterocycles. The highest BCUT2D eigenvalue weighted by molar-refractivity contribution is 7.89. The smallest absolute Gasteiger partial charge is 0.214 e. The summed E-state index contributed by atoms with van der Waals surface area (Å²) in [6.45, 7) is 0.359. The van der Waals surface area contributed by atoms with E-state index in [0.29, 0.717) is 13.0 Å². The molecule has 0 amide bonds. The number of nitrogens with two attached hydrogens (primary N) is 1. The van der Waals surface area contributed by atoms with Gasteiger partial charge in [0.25, 0.3) is 0 Å². The van der Waals surface area contributed by atoms with Crippen molar-refractivity contribution < 1.29 is 18.4 Å².